The summed E-state index contributed by atoms with van der Waals surface area (Å²) in [5, 5.41) is 6.86. The molecule has 0 fully saturated rings. The van der Waals surface area contributed by atoms with E-state index in [9.17, 15) is 0 Å². The third-order valence-corrected chi connectivity index (χ3v) is 2.83. The van der Waals surface area contributed by atoms with E-state index in [1.165, 1.54) is 0 Å². The van der Waals surface area contributed by atoms with Gasteiger partial charge in [-0.25, -0.2) is 0 Å². The molecule has 98 valence electrons. The highest BCUT2D eigenvalue weighted by atomic mass is 16.3. The van der Waals surface area contributed by atoms with Crippen LogP contribution in [-0.4, -0.2) is 25.7 Å². The van der Waals surface area contributed by atoms with E-state index in [1.54, 1.807) is 0 Å². The maximum atomic E-state index is 5.69. The summed E-state index contributed by atoms with van der Waals surface area (Å²) in [5.41, 5.74) is 0.0477. The van der Waals surface area contributed by atoms with Crippen molar-refractivity contribution in [2.45, 2.75) is 46.1 Å². The molecule has 0 saturated heterocycles. The van der Waals surface area contributed by atoms with Crippen LogP contribution >= 0.6 is 0 Å². The van der Waals surface area contributed by atoms with Crippen LogP contribution in [0, 0.1) is 6.92 Å². The van der Waals surface area contributed by atoms with Gasteiger partial charge in [0.2, 0.25) is 0 Å². The predicted octanol–water partition coefficient (Wildman–Crippen LogP) is 2.45. The van der Waals surface area contributed by atoms with Crippen LogP contribution in [0.3, 0.4) is 0 Å². The van der Waals surface area contributed by atoms with E-state index in [0.29, 0.717) is 6.04 Å². The Bertz CT molecular complexity index is 329. The quantitative estimate of drug-likeness (QED) is 0.717. The van der Waals surface area contributed by atoms with Crippen molar-refractivity contribution < 1.29 is 4.42 Å². The van der Waals surface area contributed by atoms with Crippen molar-refractivity contribution in [3.8, 4) is 0 Å². The largest absolute Gasteiger partial charge is 0.466 e. The first-order valence-electron chi connectivity index (χ1n) is 6.43. The molecule has 1 rings (SSSR count). The van der Waals surface area contributed by atoms with Crippen LogP contribution < -0.4 is 10.6 Å². The fraction of sp³-hybridized carbons (Fsp3) is 0.714. The highest BCUT2D eigenvalue weighted by Crippen LogP contribution is 2.24. The van der Waals surface area contributed by atoms with Crippen LogP contribution in [0.2, 0.25) is 0 Å². The molecule has 17 heavy (non-hydrogen) atoms. The van der Waals surface area contributed by atoms with Gasteiger partial charge in [0, 0.05) is 31.1 Å². The van der Waals surface area contributed by atoms with Gasteiger partial charge in [-0.2, -0.15) is 0 Å². The molecule has 2 N–H and O–H groups in total. The molecule has 0 aliphatic heterocycles. The van der Waals surface area contributed by atoms with Gasteiger partial charge in [0.05, 0.1) is 0 Å². The first-order chi connectivity index (χ1) is 7.92. The molecule has 0 spiro atoms. The molecule has 0 saturated carbocycles. The average molecular weight is 238 g/mol. The number of aryl methyl sites for hydroxylation is 1. The Morgan fingerprint density at radius 1 is 1.24 bits per heavy atom. The standard InChI is InChI=1S/C14H26N2O/c1-11(2)16-9-8-15-10-14(4,5)13-7-6-12(3)17-13/h6-7,11,15-16H,8-10H2,1-5H3. The normalized spacial score (nSPS) is 12.4. The Hall–Kier alpha value is -0.800. The number of nitrogens with one attached hydrogen (secondary N) is 2. The van der Waals surface area contributed by atoms with E-state index >= 15 is 0 Å². The van der Waals surface area contributed by atoms with E-state index in [-0.39, 0.29) is 5.41 Å². The lowest BCUT2D eigenvalue weighted by Crippen LogP contribution is -2.37. The molecule has 3 heteroatoms. The average Bonchev–Trinajstić information content (AvgIpc) is 2.64. The molecule has 1 aromatic heterocycles. The van der Waals surface area contributed by atoms with Crippen molar-refractivity contribution in [2.24, 2.45) is 0 Å². The molecular formula is C14H26N2O. The van der Waals surface area contributed by atoms with Crippen molar-refractivity contribution in [1.82, 2.24) is 10.6 Å². The van der Waals surface area contributed by atoms with Gasteiger partial charge in [-0.15, -0.1) is 0 Å². The number of rotatable bonds is 7. The van der Waals surface area contributed by atoms with Gasteiger partial charge in [0.1, 0.15) is 11.5 Å². The van der Waals surface area contributed by atoms with Crippen molar-refractivity contribution in [1.29, 1.82) is 0 Å². The lowest BCUT2D eigenvalue weighted by Gasteiger charge is -2.23. The minimum Gasteiger partial charge on any atom is -0.466 e. The van der Waals surface area contributed by atoms with Gasteiger partial charge in [-0.3, -0.25) is 0 Å². The Balaban J connectivity index is 2.30. The Morgan fingerprint density at radius 2 is 1.94 bits per heavy atom. The molecule has 0 radical (unpaired) electrons. The second-order valence-corrected chi connectivity index (χ2v) is 5.58. The fourth-order valence-electron chi connectivity index (χ4n) is 1.74. The topological polar surface area (TPSA) is 37.2 Å². The monoisotopic (exact) mass is 238 g/mol. The van der Waals surface area contributed by atoms with Gasteiger partial charge in [-0.1, -0.05) is 27.7 Å². The Morgan fingerprint density at radius 3 is 2.47 bits per heavy atom. The third-order valence-electron chi connectivity index (χ3n) is 2.83. The van der Waals surface area contributed by atoms with Crippen molar-refractivity contribution in [3.63, 3.8) is 0 Å². The SMILES string of the molecule is Cc1ccc(C(C)(C)CNCCNC(C)C)o1. The molecule has 0 bridgehead atoms. The molecule has 0 aliphatic carbocycles. The van der Waals surface area contributed by atoms with Crippen LogP contribution in [0.15, 0.2) is 16.5 Å². The Kier molecular flexibility index (Phi) is 5.22. The zero-order valence-corrected chi connectivity index (χ0v) is 11.8. The summed E-state index contributed by atoms with van der Waals surface area (Å²) in [5.74, 6) is 2.04. The molecule has 1 heterocycles. The van der Waals surface area contributed by atoms with Crippen LogP contribution in [0.25, 0.3) is 0 Å². The lowest BCUT2D eigenvalue weighted by atomic mass is 9.90. The molecule has 1 aromatic rings. The predicted molar refractivity (Wildman–Crippen MR) is 72.5 cm³/mol. The van der Waals surface area contributed by atoms with Gasteiger partial charge in [-0.05, 0) is 19.1 Å². The summed E-state index contributed by atoms with van der Waals surface area (Å²) in [4.78, 5) is 0. The van der Waals surface area contributed by atoms with Gasteiger partial charge >= 0.3 is 0 Å². The summed E-state index contributed by atoms with van der Waals surface area (Å²) < 4.78 is 5.69. The van der Waals surface area contributed by atoms with E-state index in [2.05, 4.69) is 44.4 Å². The van der Waals surface area contributed by atoms with Crippen LogP contribution in [-0.2, 0) is 5.41 Å². The van der Waals surface area contributed by atoms with Crippen molar-refractivity contribution in [2.75, 3.05) is 19.6 Å². The summed E-state index contributed by atoms with van der Waals surface area (Å²) in [6, 6.07) is 4.65. The molecular weight excluding hydrogens is 212 g/mol. The number of hydrogen-bond donors (Lipinski definition) is 2. The third kappa shape index (κ3) is 4.92. The first kappa shape index (κ1) is 14.3. The molecule has 3 nitrogen and oxygen atoms in total. The van der Waals surface area contributed by atoms with Gasteiger partial charge < -0.3 is 15.1 Å². The summed E-state index contributed by atoms with van der Waals surface area (Å²) in [7, 11) is 0. The van der Waals surface area contributed by atoms with E-state index in [0.717, 1.165) is 31.2 Å². The maximum absolute atomic E-state index is 5.69. The first-order valence-corrected chi connectivity index (χ1v) is 6.43. The van der Waals surface area contributed by atoms with E-state index in [1.807, 2.05) is 13.0 Å². The molecule has 0 aliphatic rings. The highest BCUT2D eigenvalue weighted by Gasteiger charge is 2.23. The van der Waals surface area contributed by atoms with Crippen LogP contribution in [0.4, 0.5) is 0 Å². The zero-order chi connectivity index (χ0) is 12.9. The highest BCUT2D eigenvalue weighted by molar-refractivity contribution is 5.15. The number of hydrogen-bond acceptors (Lipinski definition) is 3. The molecule has 0 unspecified atom stereocenters. The lowest BCUT2D eigenvalue weighted by molar-refractivity contribution is 0.356. The molecule has 0 atom stereocenters. The van der Waals surface area contributed by atoms with Crippen LogP contribution in [0.1, 0.15) is 39.2 Å². The van der Waals surface area contributed by atoms with E-state index < -0.39 is 0 Å². The maximum Gasteiger partial charge on any atom is 0.111 e. The van der Waals surface area contributed by atoms with Crippen LogP contribution in [0.5, 0.6) is 0 Å². The second kappa shape index (κ2) is 6.22. The summed E-state index contributed by atoms with van der Waals surface area (Å²) in [6.45, 7) is 13.6. The van der Waals surface area contributed by atoms with Crippen molar-refractivity contribution in [3.05, 3.63) is 23.7 Å². The zero-order valence-electron chi connectivity index (χ0n) is 11.8. The molecule has 0 aromatic carbocycles. The Labute approximate surface area is 105 Å². The van der Waals surface area contributed by atoms with Gasteiger partial charge in [0.15, 0.2) is 0 Å². The molecule has 0 amide bonds. The summed E-state index contributed by atoms with van der Waals surface area (Å²) >= 11 is 0. The summed E-state index contributed by atoms with van der Waals surface area (Å²) in [6.07, 6.45) is 0. The van der Waals surface area contributed by atoms with Crippen molar-refractivity contribution >= 4 is 0 Å². The van der Waals surface area contributed by atoms with Gasteiger partial charge in [0.25, 0.3) is 0 Å². The number of furan rings is 1. The van der Waals surface area contributed by atoms with E-state index in [4.69, 9.17) is 4.42 Å². The minimum absolute atomic E-state index is 0.0477. The fourth-order valence-corrected chi connectivity index (χ4v) is 1.74. The second-order valence-electron chi connectivity index (χ2n) is 5.58. The minimum atomic E-state index is 0.0477. The smallest absolute Gasteiger partial charge is 0.111 e.